The van der Waals surface area contributed by atoms with Gasteiger partial charge in [-0.15, -0.1) is 11.3 Å². The van der Waals surface area contributed by atoms with Crippen molar-refractivity contribution in [3.05, 3.63) is 76.2 Å². The Morgan fingerprint density at radius 2 is 1.86 bits per heavy atom. The van der Waals surface area contributed by atoms with Crippen LogP contribution in [0.3, 0.4) is 0 Å². The molecule has 0 spiro atoms. The topological polar surface area (TPSA) is 111 Å². The molecule has 0 aliphatic heterocycles. The summed E-state index contributed by atoms with van der Waals surface area (Å²) in [5, 5.41) is 22.1. The van der Waals surface area contributed by atoms with Crippen molar-refractivity contribution in [3.8, 4) is 6.07 Å². The molecule has 0 saturated heterocycles. The van der Waals surface area contributed by atoms with Gasteiger partial charge in [-0.3, -0.25) is 14.7 Å². The number of thiophene rings is 1. The van der Waals surface area contributed by atoms with Crippen LogP contribution in [0.5, 0.6) is 0 Å². The molecule has 0 fully saturated rings. The van der Waals surface area contributed by atoms with Crippen LogP contribution in [0, 0.1) is 18.3 Å². The van der Waals surface area contributed by atoms with Gasteiger partial charge in [-0.2, -0.15) is 10.4 Å². The maximum Gasteiger partial charge on any atom is 0.265 e. The summed E-state index contributed by atoms with van der Waals surface area (Å²) < 4.78 is 0. The lowest BCUT2D eigenvalue weighted by Crippen LogP contribution is -2.12. The first kappa shape index (κ1) is 18.4. The van der Waals surface area contributed by atoms with E-state index in [1.54, 1.807) is 42.5 Å². The number of fused-ring (bicyclic) bond motifs is 1. The molecule has 2 amide bonds. The van der Waals surface area contributed by atoms with E-state index in [-0.39, 0.29) is 11.8 Å². The summed E-state index contributed by atoms with van der Waals surface area (Å²) in [6.07, 6.45) is 0. The number of benzene rings is 2. The third-order valence-electron chi connectivity index (χ3n) is 4.26. The molecule has 0 radical (unpaired) electrons. The Labute approximate surface area is 170 Å². The van der Waals surface area contributed by atoms with E-state index >= 15 is 0 Å². The zero-order valence-electron chi connectivity index (χ0n) is 15.3. The quantitative estimate of drug-likeness (QED) is 0.473. The Morgan fingerprint density at radius 3 is 2.59 bits per heavy atom. The maximum atomic E-state index is 12.5. The summed E-state index contributed by atoms with van der Waals surface area (Å²) in [6.45, 7) is 1.92. The van der Waals surface area contributed by atoms with Gasteiger partial charge in [-0.1, -0.05) is 17.7 Å². The SMILES string of the molecule is Cc1cccc(C(=O)Nc2n[nH]c3sc(C(=O)Nc4ccc(C#N)cc4)cc23)c1. The number of H-pyrrole nitrogens is 1. The van der Waals surface area contributed by atoms with Crippen molar-refractivity contribution < 1.29 is 9.59 Å². The molecule has 4 rings (SSSR count). The Morgan fingerprint density at radius 1 is 1.07 bits per heavy atom. The van der Waals surface area contributed by atoms with Crippen molar-refractivity contribution in [2.75, 3.05) is 10.6 Å². The van der Waals surface area contributed by atoms with Crippen molar-refractivity contribution in [3.63, 3.8) is 0 Å². The van der Waals surface area contributed by atoms with E-state index < -0.39 is 0 Å². The minimum absolute atomic E-state index is 0.267. The maximum absolute atomic E-state index is 12.5. The number of carbonyl (C=O) groups is 2. The normalized spacial score (nSPS) is 10.5. The molecule has 8 heteroatoms. The molecule has 0 unspecified atom stereocenters. The van der Waals surface area contributed by atoms with E-state index in [9.17, 15) is 9.59 Å². The number of hydrogen-bond acceptors (Lipinski definition) is 5. The van der Waals surface area contributed by atoms with Crippen molar-refractivity contribution in [1.82, 2.24) is 10.2 Å². The van der Waals surface area contributed by atoms with E-state index in [0.29, 0.717) is 37.7 Å². The molecule has 142 valence electrons. The second-order valence-electron chi connectivity index (χ2n) is 6.39. The predicted molar refractivity (Wildman–Crippen MR) is 112 cm³/mol. The van der Waals surface area contributed by atoms with E-state index in [0.717, 1.165) is 5.56 Å². The lowest BCUT2D eigenvalue weighted by Gasteiger charge is -2.04. The van der Waals surface area contributed by atoms with Gasteiger partial charge in [0.1, 0.15) is 4.83 Å². The number of amides is 2. The van der Waals surface area contributed by atoms with Crippen LogP contribution in [-0.4, -0.2) is 22.0 Å². The third-order valence-corrected chi connectivity index (χ3v) is 5.30. The molecule has 0 aliphatic rings. The predicted octanol–water partition coefficient (Wildman–Crippen LogP) is 4.31. The molecule has 7 nitrogen and oxygen atoms in total. The third kappa shape index (κ3) is 3.85. The highest BCUT2D eigenvalue weighted by atomic mass is 32.1. The Balaban J connectivity index is 1.52. The summed E-state index contributed by atoms with van der Waals surface area (Å²) in [5.74, 6) is -0.169. The molecule has 0 atom stereocenters. The number of aryl methyl sites for hydroxylation is 1. The summed E-state index contributed by atoms with van der Waals surface area (Å²) in [5.41, 5.74) is 2.64. The second kappa shape index (κ2) is 7.58. The second-order valence-corrected chi connectivity index (χ2v) is 7.44. The fraction of sp³-hybridized carbons (Fsp3) is 0.0476. The van der Waals surface area contributed by atoms with Crippen molar-refractivity contribution in [2.24, 2.45) is 0 Å². The van der Waals surface area contributed by atoms with Gasteiger partial charge in [0.2, 0.25) is 0 Å². The van der Waals surface area contributed by atoms with E-state index in [1.165, 1.54) is 11.3 Å². The minimum atomic E-state index is -0.278. The van der Waals surface area contributed by atoms with E-state index in [2.05, 4.69) is 20.8 Å². The van der Waals surface area contributed by atoms with Gasteiger partial charge >= 0.3 is 0 Å². The van der Waals surface area contributed by atoms with Crippen LogP contribution in [0.25, 0.3) is 10.2 Å². The number of aromatic amines is 1. The standard InChI is InChI=1S/C21H15N5O2S/c1-12-3-2-4-14(9-12)19(27)24-18-16-10-17(29-21(16)26-25-18)20(28)23-15-7-5-13(11-22)6-8-15/h2-10H,1H3,(H,23,28)(H2,24,25,26,27). The zero-order chi connectivity index (χ0) is 20.4. The van der Waals surface area contributed by atoms with Crippen LogP contribution < -0.4 is 10.6 Å². The van der Waals surface area contributed by atoms with Crippen LogP contribution in [0.4, 0.5) is 11.5 Å². The molecule has 0 bridgehead atoms. The molecule has 2 aromatic heterocycles. The summed E-state index contributed by atoms with van der Waals surface area (Å²) in [6, 6.07) is 17.6. The van der Waals surface area contributed by atoms with Gasteiger partial charge in [-0.25, -0.2) is 0 Å². The summed E-state index contributed by atoms with van der Waals surface area (Å²) >= 11 is 1.24. The van der Waals surface area contributed by atoms with Gasteiger partial charge < -0.3 is 10.6 Å². The van der Waals surface area contributed by atoms with Crippen molar-refractivity contribution in [1.29, 1.82) is 5.26 Å². The van der Waals surface area contributed by atoms with Gasteiger partial charge in [0.15, 0.2) is 5.82 Å². The minimum Gasteiger partial charge on any atom is -0.321 e. The average Bonchev–Trinajstić information content (AvgIpc) is 3.30. The number of anilines is 2. The van der Waals surface area contributed by atoms with Crippen LogP contribution >= 0.6 is 11.3 Å². The van der Waals surface area contributed by atoms with Crippen LogP contribution in [-0.2, 0) is 0 Å². The molecule has 3 N–H and O–H groups in total. The fourth-order valence-corrected chi connectivity index (χ4v) is 3.71. The van der Waals surface area contributed by atoms with Gasteiger partial charge in [-0.05, 0) is 49.4 Å². The largest absolute Gasteiger partial charge is 0.321 e. The molecule has 4 aromatic rings. The molecule has 0 aliphatic carbocycles. The number of carbonyl (C=O) groups excluding carboxylic acids is 2. The molecule has 2 heterocycles. The highest BCUT2D eigenvalue weighted by molar-refractivity contribution is 7.20. The first-order chi connectivity index (χ1) is 14.0. The number of nitrogens with one attached hydrogen (secondary N) is 3. The fourth-order valence-electron chi connectivity index (χ4n) is 2.81. The van der Waals surface area contributed by atoms with Crippen LogP contribution in [0.1, 0.15) is 31.2 Å². The number of nitriles is 1. The molecular weight excluding hydrogens is 386 g/mol. The number of nitrogens with zero attached hydrogens (tertiary/aromatic N) is 2. The first-order valence-corrected chi connectivity index (χ1v) is 9.52. The zero-order valence-corrected chi connectivity index (χ0v) is 16.1. The molecular formula is C21H15N5O2S. The highest BCUT2D eigenvalue weighted by Gasteiger charge is 2.17. The van der Waals surface area contributed by atoms with Gasteiger partial charge in [0.05, 0.1) is 21.9 Å². The van der Waals surface area contributed by atoms with Crippen molar-refractivity contribution in [2.45, 2.75) is 6.92 Å². The molecule has 29 heavy (non-hydrogen) atoms. The molecule has 0 saturated carbocycles. The van der Waals surface area contributed by atoms with E-state index in [4.69, 9.17) is 5.26 Å². The first-order valence-electron chi connectivity index (χ1n) is 8.71. The lowest BCUT2D eigenvalue weighted by atomic mass is 10.1. The highest BCUT2D eigenvalue weighted by Crippen LogP contribution is 2.30. The number of hydrogen-bond donors (Lipinski definition) is 3. The Bertz CT molecular complexity index is 1260. The summed E-state index contributed by atoms with van der Waals surface area (Å²) in [7, 11) is 0. The summed E-state index contributed by atoms with van der Waals surface area (Å²) in [4.78, 5) is 26.2. The van der Waals surface area contributed by atoms with E-state index in [1.807, 2.05) is 25.1 Å². The van der Waals surface area contributed by atoms with Crippen molar-refractivity contribution >= 4 is 44.9 Å². The number of rotatable bonds is 4. The van der Waals surface area contributed by atoms with Crippen LogP contribution in [0.2, 0.25) is 0 Å². The Hall–Kier alpha value is -3.96. The van der Waals surface area contributed by atoms with Gasteiger partial charge in [0.25, 0.3) is 11.8 Å². The smallest absolute Gasteiger partial charge is 0.265 e. The molecule has 2 aromatic carbocycles. The lowest BCUT2D eigenvalue weighted by molar-refractivity contribution is 0.102. The monoisotopic (exact) mass is 401 g/mol. The Kier molecular flexibility index (Phi) is 4.81. The number of aromatic nitrogens is 2. The van der Waals surface area contributed by atoms with Gasteiger partial charge in [0, 0.05) is 11.3 Å². The average molecular weight is 401 g/mol. The van der Waals surface area contributed by atoms with Crippen LogP contribution in [0.15, 0.2) is 54.6 Å².